The first-order chi connectivity index (χ1) is 9.19. The largest absolute Gasteiger partial charge is 0.478 e. The van der Waals surface area contributed by atoms with Crippen LogP contribution in [0, 0.1) is 6.92 Å². The Labute approximate surface area is 112 Å². The van der Waals surface area contributed by atoms with Gasteiger partial charge in [-0.2, -0.15) is 4.98 Å². The molecule has 0 saturated heterocycles. The van der Waals surface area contributed by atoms with Crippen LogP contribution in [0.15, 0.2) is 18.5 Å². The zero-order valence-electron chi connectivity index (χ0n) is 11.6. The van der Waals surface area contributed by atoms with Crippen LogP contribution in [0.3, 0.4) is 0 Å². The molecule has 0 aliphatic heterocycles. The summed E-state index contributed by atoms with van der Waals surface area (Å²) in [5.74, 6) is 3.13. The highest BCUT2D eigenvalue weighted by Gasteiger charge is 2.03. The van der Waals surface area contributed by atoms with E-state index in [1.54, 1.807) is 6.20 Å². The van der Waals surface area contributed by atoms with Crippen molar-refractivity contribution in [3.63, 3.8) is 0 Å². The Bertz CT molecular complexity index is 538. The van der Waals surface area contributed by atoms with E-state index in [1.807, 2.05) is 37.7 Å². The fourth-order valence-corrected chi connectivity index (χ4v) is 1.79. The second kappa shape index (κ2) is 6.17. The second-order valence-electron chi connectivity index (χ2n) is 4.20. The van der Waals surface area contributed by atoms with E-state index in [-0.39, 0.29) is 0 Å². The lowest BCUT2D eigenvalue weighted by Crippen LogP contribution is -2.10. The van der Waals surface area contributed by atoms with Crippen LogP contribution >= 0.6 is 0 Å². The van der Waals surface area contributed by atoms with E-state index in [0.29, 0.717) is 18.3 Å². The first-order valence-corrected chi connectivity index (χ1v) is 6.37. The Kier molecular flexibility index (Phi) is 4.33. The Morgan fingerprint density at radius 1 is 1.37 bits per heavy atom. The van der Waals surface area contributed by atoms with Crippen molar-refractivity contribution in [2.45, 2.75) is 20.3 Å². The second-order valence-corrected chi connectivity index (χ2v) is 4.20. The number of aryl methyl sites for hydroxylation is 2. The molecule has 0 saturated carbocycles. The average Bonchev–Trinajstić information content (AvgIpc) is 2.75. The molecule has 0 spiro atoms. The minimum absolute atomic E-state index is 0.600. The molecule has 0 bridgehead atoms. The van der Waals surface area contributed by atoms with E-state index in [1.165, 1.54) is 0 Å². The van der Waals surface area contributed by atoms with Crippen molar-refractivity contribution < 1.29 is 4.74 Å². The quantitative estimate of drug-likeness (QED) is 0.855. The monoisotopic (exact) mass is 261 g/mol. The van der Waals surface area contributed by atoms with Crippen LogP contribution in [0.5, 0.6) is 5.88 Å². The minimum Gasteiger partial charge on any atom is -0.478 e. The van der Waals surface area contributed by atoms with Crippen LogP contribution in [-0.4, -0.2) is 32.7 Å². The van der Waals surface area contributed by atoms with Gasteiger partial charge in [-0.1, -0.05) is 0 Å². The van der Waals surface area contributed by atoms with Gasteiger partial charge in [0, 0.05) is 38.5 Å². The maximum absolute atomic E-state index is 5.39. The van der Waals surface area contributed by atoms with Crippen molar-refractivity contribution in [3.8, 4) is 5.88 Å². The topological polar surface area (TPSA) is 64.9 Å². The summed E-state index contributed by atoms with van der Waals surface area (Å²) in [5.41, 5.74) is 0. The van der Waals surface area contributed by atoms with Crippen molar-refractivity contribution in [2.24, 2.45) is 7.05 Å². The van der Waals surface area contributed by atoms with Crippen LogP contribution in [-0.2, 0) is 13.5 Å². The van der Waals surface area contributed by atoms with E-state index in [9.17, 15) is 0 Å². The fraction of sp³-hybridized carbons (Fsp3) is 0.462. The molecule has 6 heteroatoms. The molecule has 0 aliphatic carbocycles. The number of hydrogen-bond acceptors (Lipinski definition) is 5. The summed E-state index contributed by atoms with van der Waals surface area (Å²) in [6, 6.07) is 1.81. The number of anilines is 1. The van der Waals surface area contributed by atoms with Gasteiger partial charge in [0.2, 0.25) is 5.88 Å². The molecule has 19 heavy (non-hydrogen) atoms. The number of nitrogens with zero attached hydrogens (tertiary/aromatic N) is 4. The van der Waals surface area contributed by atoms with Crippen LogP contribution in [0.1, 0.15) is 18.6 Å². The van der Waals surface area contributed by atoms with E-state index in [2.05, 4.69) is 20.3 Å². The highest BCUT2D eigenvalue weighted by molar-refractivity contribution is 5.38. The Morgan fingerprint density at radius 2 is 2.21 bits per heavy atom. The van der Waals surface area contributed by atoms with Crippen LogP contribution in [0.2, 0.25) is 0 Å². The first-order valence-electron chi connectivity index (χ1n) is 6.37. The first kappa shape index (κ1) is 13.3. The molecule has 0 unspecified atom stereocenters. The number of nitrogens with one attached hydrogen (secondary N) is 1. The standard InChI is InChI=1S/C13H19N5O/c1-4-19-13-9-11(16-10(2)17-13)14-6-5-12-15-7-8-18(12)3/h7-9H,4-6H2,1-3H3,(H,14,16,17). The smallest absolute Gasteiger partial charge is 0.218 e. The van der Waals surface area contributed by atoms with E-state index < -0.39 is 0 Å². The summed E-state index contributed by atoms with van der Waals surface area (Å²) in [6.45, 7) is 5.16. The fourth-order valence-electron chi connectivity index (χ4n) is 1.79. The lowest BCUT2D eigenvalue weighted by Gasteiger charge is -2.08. The molecule has 2 aromatic rings. The van der Waals surface area contributed by atoms with Gasteiger partial charge in [-0.25, -0.2) is 9.97 Å². The summed E-state index contributed by atoms with van der Waals surface area (Å²) in [5, 5.41) is 3.27. The number of aromatic nitrogens is 4. The van der Waals surface area contributed by atoms with Crippen LogP contribution in [0.4, 0.5) is 5.82 Å². The molecule has 2 aromatic heterocycles. The molecule has 2 heterocycles. The highest BCUT2D eigenvalue weighted by atomic mass is 16.5. The molecule has 1 N–H and O–H groups in total. The SMILES string of the molecule is CCOc1cc(NCCc2nccn2C)nc(C)n1. The summed E-state index contributed by atoms with van der Waals surface area (Å²) in [7, 11) is 1.99. The third-order valence-electron chi connectivity index (χ3n) is 2.68. The predicted molar refractivity (Wildman–Crippen MR) is 73.3 cm³/mol. The van der Waals surface area contributed by atoms with Gasteiger partial charge in [-0.3, -0.25) is 0 Å². The number of rotatable bonds is 6. The molecule has 102 valence electrons. The maximum atomic E-state index is 5.39. The van der Waals surface area contributed by atoms with Crippen molar-refractivity contribution in [2.75, 3.05) is 18.5 Å². The van der Waals surface area contributed by atoms with Gasteiger partial charge in [-0.05, 0) is 13.8 Å². The minimum atomic E-state index is 0.600. The van der Waals surface area contributed by atoms with Gasteiger partial charge in [0.25, 0.3) is 0 Å². The van der Waals surface area contributed by atoms with E-state index >= 15 is 0 Å². The van der Waals surface area contributed by atoms with Gasteiger partial charge in [0.1, 0.15) is 17.5 Å². The highest BCUT2D eigenvalue weighted by Crippen LogP contribution is 2.13. The van der Waals surface area contributed by atoms with Crippen LogP contribution < -0.4 is 10.1 Å². The number of hydrogen-bond donors (Lipinski definition) is 1. The zero-order chi connectivity index (χ0) is 13.7. The molecule has 0 amide bonds. The average molecular weight is 261 g/mol. The summed E-state index contributed by atoms with van der Waals surface area (Å²) in [4.78, 5) is 12.8. The van der Waals surface area contributed by atoms with Gasteiger partial charge >= 0.3 is 0 Å². The summed E-state index contributed by atoms with van der Waals surface area (Å²) >= 11 is 0. The van der Waals surface area contributed by atoms with Gasteiger partial charge in [0.05, 0.1) is 6.61 Å². The van der Waals surface area contributed by atoms with Gasteiger partial charge < -0.3 is 14.6 Å². The van der Waals surface area contributed by atoms with E-state index in [0.717, 1.165) is 24.6 Å². The Morgan fingerprint density at radius 3 is 2.89 bits per heavy atom. The molecule has 0 fully saturated rings. The number of ether oxygens (including phenoxy) is 1. The molecule has 2 rings (SSSR count). The molecular formula is C13H19N5O. The lowest BCUT2D eigenvalue weighted by atomic mass is 10.4. The van der Waals surface area contributed by atoms with Crippen molar-refractivity contribution >= 4 is 5.82 Å². The normalized spacial score (nSPS) is 10.5. The van der Waals surface area contributed by atoms with Crippen molar-refractivity contribution in [1.29, 1.82) is 0 Å². The van der Waals surface area contributed by atoms with Gasteiger partial charge in [0.15, 0.2) is 0 Å². The summed E-state index contributed by atoms with van der Waals surface area (Å²) in [6.07, 6.45) is 4.59. The maximum Gasteiger partial charge on any atom is 0.218 e. The molecule has 0 aromatic carbocycles. The van der Waals surface area contributed by atoms with Crippen molar-refractivity contribution in [1.82, 2.24) is 19.5 Å². The third-order valence-corrected chi connectivity index (χ3v) is 2.68. The van der Waals surface area contributed by atoms with Gasteiger partial charge in [-0.15, -0.1) is 0 Å². The Hall–Kier alpha value is -2.11. The molecule has 0 aliphatic rings. The van der Waals surface area contributed by atoms with E-state index in [4.69, 9.17) is 4.74 Å². The number of imidazole rings is 1. The predicted octanol–water partition coefficient (Wildman–Crippen LogP) is 1.57. The summed E-state index contributed by atoms with van der Waals surface area (Å²) < 4.78 is 7.40. The Balaban J connectivity index is 1.94. The molecular weight excluding hydrogens is 242 g/mol. The molecule has 6 nitrogen and oxygen atoms in total. The van der Waals surface area contributed by atoms with Crippen molar-refractivity contribution in [3.05, 3.63) is 30.1 Å². The third kappa shape index (κ3) is 3.67. The zero-order valence-corrected chi connectivity index (χ0v) is 11.6. The molecule has 0 radical (unpaired) electrons. The van der Waals surface area contributed by atoms with Crippen LogP contribution in [0.25, 0.3) is 0 Å². The lowest BCUT2D eigenvalue weighted by molar-refractivity contribution is 0.325. The molecule has 0 atom stereocenters.